The van der Waals surface area contributed by atoms with Crippen molar-refractivity contribution < 1.29 is 32.5 Å². The fourth-order valence-electron chi connectivity index (χ4n) is 2.80. The van der Waals surface area contributed by atoms with E-state index < -0.39 is 57.9 Å². The van der Waals surface area contributed by atoms with Gasteiger partial charge in [-0.05, 0) is 24.3 Å². The monoisotopic (exact) mass is 427 g/mol. The van der Waals surface area contributed by atoms with Gasteiger partial charge in [0.2, 0.25) is 5.91 Å². The highest BCUT2D eigenvalue weighted by Crippen LogP contribution is 2.36. The minimum Gasteiger partial charge on any atom is -0.324 e. The summed E-state index contributed by atoms with van der Waals surface area (Å²) in [4.78, 5) is 47.6. The number of nitrogens with zero attached hydrogens (tertiary/aromatic N) is 2. The summed E-state index contributed by atoms with van der Waals surface area (Å²) in [5.74, 6) is -3.15. The number of nitro groups is 1. The van der Waals surface area contributed by atoms with Gasteiger partial charge in [-0.1, -0.05) is 17.7 Å². The predicted molar refractivity (Wildman–Crippen MR) is 93.5 cm³/mol. The molecule has 2 aromatic carbocycles. The van der Waals surface area contributed by atoms with E-state index in [-0.39, 0.29) is 10.6 Å². The van der Waals surface area contributed by atoms with Crippen molar-refractivity contribution in [3.05, 3.63) is 68.2 Å². The molecule has 0 aliphatic carbocycles. The van der Waals surface area contributed by atoms with Crippen molar-refractivity contribution in [3.8, 4) is 0 Å². The van der Waals surface area contributed by atoms with E-state index in [9.17, 15) is 37.7 Å². The molecule has 2 aromatic rings. The highest BCUT2D eigenvalue weighted by Gasteiger charge is 2.42. The SMILES string of the molecule is O=C(CN1C(=O)c2cccc([N+](=O)[O-])c2C1=O)Nc1ccc(Cl)cc1C(F)(F)F. The Hall–Kier alpha value is -3.47. The Bertz CT molecular complexity index is 1070. The molecule has 29 heavy (non-hydrogen) atoms. The van der Waals surface area contributed by atoms with Gasteiger partial charge in [-0.15, -0.1) is 0 Å². The van der Waals surface area contributed by atoms with Crippen LogP contribution in [0.1, 0.15) is 26.3 Å². The molecule has 0 saturated carbocycles. The average Bonchev–Trinajstić information content (AvgIpc) is 2.87. The maximum Gasteiger partial charge on any atom is 0.418 e. The first-order valence-corrected chi connectivity index (χ1v) is 8.18. The first-order chi connectivity index (χ1) is 13.5. The van der Waals surface area contributed by atoms with Gasteiger partial charge >= 0.3 is 6.18 Å². The average molecular weight is 428 g/mol. The van der Waals surface area contributed by atoms with Crippen molar-refractivity contribution in [1.82, 2.24) is 4.90 Å². The predicted octanol–water partition coefficient (Wildman–Crippen LogP) is 3.50. The lowest BCUT2D eigenvalue weighted by atomic mass is 10.1. The van der Waals surface area contributed by atoms with E-state index in [4.69, 9.17) is 11.6 Å². The van der Waals surface area contributed by atoms with E-state index in [0.717, 1.165) is 18.2 Å². The molecular formula is C17H9ClF3N3O5. The maximum atomic E-state index is 13.1. The third-order valence-electron chi connectivity index (χ3n) is 4.04. The summed E-state index contributed by atoms with van der Waals surface area (Å²) in [6.45, 7) is -0.927. The largest absolute Gasteiger partial charge is 0.418 e. The summed E-state index contributed by atoms with van der Waals surface area (Å²) in [5.41, 5.74) is -3.18. The molecular weight excluding hydrogens is 419 g/mol. The summed E-state index contributed by atoms with van der Waals surface area (Å²) in [6, 6.07) is 6.07. The summed E-state index contributed by atoms with van der Waals surface area (Å²) < 4.78 is 39.3. The molecule has 1 heterocycles. The van der Waals surface area contributed by atoms with E-state index >= 15 is 0 Å². The summed E-state index contributed by atoms with van der Waals surface area (Å²) in [7, 11) is 0. The number of carbonyl (C=O) groups is 3. The molecule has 0 spiro atoms. The van der Waals surface area contributed by atoms with E-state index in [1.165, 1.54) is 12.1 Å². The molecule has 0 bridgehead atoms. The molecule has 3 amide bonds. The number of nitro benzene ring substituents is 1. The minimum absolute atomic E-state index is 0.206. The normalized spacial score (nSPS) is 13.4. The van der Waals surface area contributed by atoms with Crippen molar-refractivity contribution in [1.29, 1.82) is 0 Å². The number of alkyl halides is 3. The van der Waals surface area contributed by atoms with Crippen molar-refractivity contribution in [3.63, 3.8) is 0 Å². The van der Waals surface area contributed by atoms with Gasteiger partial charge in [-0.3, -0.25) is 29.4 Å². The standard InChI is InChI=1S/C17H9ClF3N3O5/c18-8-4-5-11(10(6-8)17(19,20)21)22-13(25)7-23-15(26)9-2-1-3-12(24(28)29)14(9)16(23)27/h1-6H,7H2,(H,22,25). The number of carbonyl (C=O) groups excluding carboxylic acids is 3. The van der Waals surface area contributed by atoms with E-state index in [1.807, 2.05) is 5.32 Å². The van der Waals surface area contributed by atoms with Crippen LogP contribution >= 0.6 is 11.6 Å². The Kier molecular flexibility index (Phi) is 5.01. The molecule has 0 saturated heterocycles. The van der Waals surface area contributed by atoms with Gasteiger partial charge in [0.25, 0.3) is 17.5 Å². The molecule has 1 N–H and O–H groups in total. The van der Waals surface area contributed by atoms with Gasteiger partial charge in [-0.25, -0.2) is 0 Å². The zero-order valence-corrected chi connectivity index (χ0v) is 14.9. The van der Waals surface area contributed by atoms with E-state index in [1.54, 1.807) is 0 Å². The number of amides is 3. The number of halogens is 4. The van der Waals surface area contributed by atoms with Crippen LogP contribution in [0.25, 0.3) is 0 Å². The molecule has 0 unspecified atom stereocenters. The molecule has 1 aliphatic heterocycles. The number of benzene rings is 2. The van der Waals surface area contributed by atoms with Gasteiger partial charge in [0.1, 0.15) is 12.1 Å². The quantitative estimate of drug-likeness (QED) is 0.456. The van der Waals surface area contributed by atoms with Gasteiger partial charge in [0, 0.05) is 11.1 Å². The molecule has 0 fully saturated rings. The van der Waals surface area contributed by atoms with Crippen LogP contribution in [0.5, 0.6) is 0 Å². The van der Waals surface area contributed by atoms with Crippen molar-refractivity contribution in [2.75, 3.05) is 11.9 Å². The topological polar surface area (TPSA) is 110 Å². The second kappa shape index (κ2) is 7.17. The fourth-order valence-corrected chi connectivity index (χ4v) is 2.98. The Morgan fingerprint density at radius 3 is 2.48 bits per heavy atom. The molecule has 0 aromatic heterocycles. The van der Waals surface area contributed by atoms with Gasteiger partial charge in [0.05, 0.1) is 21.7 Å². The second-order valence-corrected chi connectivity index (χ2v) is 6.33. The Morgan fingerprint density at radius 1 is 1.17 bits per heavy atom. The van der Waals surface area contributed by atoms with Crippen LogP contribution in [0.15, 0.2) is 36.4 Å². The van der Waals surface area contributed by atoms with Crippen molar-refractivity contribution >= 4 is 40.7 Å². The van der Waals surface area contributed by atoms with Gasteiger partial charge in [0.15, 0.2) is 0 Å². The number of hydrogen-bond donors (Lipinski definition) is 1. The van der Waals surface area contributed by atoms with Crippen LogP contribution < -0.4 is 5.32 Å². The first kappa shape index (κ1) is 20.3. The summed E-state index contributed by atoms with van der Waals surface area (Å²) in [5, 5.41) is 12.8. The summed E-state index contributed by atoms with van der Waals surface area (Å²) in [6.07, 6.45) is -4.82. The molecule has 0 atom stereocenters. The summed E-state index contributed by atoms with van der Waals surface area (Å²) >= 11 is 5.56. The number of fused-ring (bicyclic) bond motifs is 1. The van der Waals surface area contributed by atoms with Crippen LogP contribution in [0.2, 0.25) is 5.02 Å². The lowest BCUT2D eigenvalue weighted by Gasteiger charge is -2.16. The first-order valence-electron chi connectivity index (χ1n) is 7.81. The molecule has 12 heteroatoms. The van der Waals surface area contributed by atoms with Crippen molar-refractivity contribution in [2.45, 2.75) is 6.18 Å². The molecule has 0 radical (unpaired) electrons. The second-order valence-electron chi connectivity index (χ2n) is 5.89. The third-order valence-corrected chi connectivity index (χ3v) is 4.27. The molecule has 8 nitrogen and oxygen atoms in total. The Balaban J connectivity index is 1.85. The number of rotatable bonds is 4. The van der Waals surface area contributed by atoms with Crippen LogP contribution in [0.3, 0.4) is 0 Å². The van der Waals surface area contributed by atoms with Crippen LogP contribution in [-0.4, -0.2) is 34.1 Å². The van der Waals surface area contributed by atoms with Crippen LogP contribution in [0.4, 0.5) is 24.5 Å². The Morgan fingerprint density at radius 2 is 1.86 bits per heavy atom. The number of nitrogens with one attached hydrogen (secondary N) is 1. The lowest BCUT2D eigenvalue weighted by molar-refractivity contribution is -0.385. The zero-order valence-electron chi connectivity index (χ0n) is 14.1. The fraction of sp³-hybridized carbons (Fsp3) is 0.118. The maximum absolute atomic E-state index is 13.1. The number of imide groups is 1. The number of anilines is 1. The van der Waals surface area contributed by atoms with Crippen molar-refractivity contribution in [2.24, 2.45) is 0 Å². The molecule has 1 aliphatic rings. The smallest absolute Gasteiger partial charge is 0.324 e. The van der Waals surface area contributed by atoms with Gasteiger partial charge < -0.3 is 5.32 Å². The van der Waals surface area contributed by atoms with E-state index in [0.29, 0.717) is 11.0 Å². The van der Waals surface area contributed by atoms with E-state index in [2.05, 4.69) is 0 Å². The van der Waals surface area contributed by atoms with Crippen LogP contribution in [0, 0.1) is 10.1 Å². The van der Waals surface area contributed by atoms with Gasteiger partial charge in [-0.2, -0.15) is 13.2 Å². The highest BCUT2D eigenvalue weighted by atomic mass is 35.5. The molecule has 3 rings (SSSR count). The lowest BCUT2D eigenvalue weighted by Crippen LogP contribution is -2.37. The highest BCUT2D eigenvalue weighted by molar-refractivity contribution is 6.30. The van der Waals surface area contributed by atoms with Crippen LogP contribution in [-0.2, 0) is 11.0 Å². The molecule has 150 valence electrons. The number of hydrogen-bond acceptors (Lipinski definition) is 5. The zero-order chi connectivity index (χ0) is 21.5. The third kappa shape index (κ3) is 3.76. The minimum atomic E-state index is -4.82. The Labute approximate surface area is 165 Å².